The Hall–Kier alpha value is -4.00. The first-order valence-electron chi connectivity index (χ1n) is 11.4. The predicted molar refractivity (Wildman–Crippen MR) is 125 cm³/mol. The molecule has 37 heavy (non-hydrogen) atoms. The molecule has 1 saturated heterocycles. The van der Waals surface area contributed by atoms with Gasteiger partial charge in [0.05, 0.1) is 50.4 Å². The van der Waals surface area contributed by atoms with Gasteiger partial charge in [-0.05, 0) is 24.6 Å². The average Bonchev–Trinajstić information content (AvgIpc) is 3.58. The summed E-state index contributed by atoms with van der Waals surface area (Å²) >= 11 is 0. The van der Waals surface area contributed by atoms with E-state index in [-0.39, 0.29) is 23.6 Å². The second-order valence-corrected chi connectivity index (χ2v) is 8.56. The monoisotopic (exact) mass is 519 g/mol. The fourth-order valence-corrected chi connectivity index (χ4v) is 4.29. The van der Waals surface area contributed by atoms with Crippen LogP contribution in [0.3, 0.4) is 0 Å². The van der Waals surface area contributed by atoms with Gasteiger partial charge in [-0.15, -0.1) is 0 Å². The maximum absolute atomic E-state index is 12.9. The van der Waals surface area contributed by atoms with E-state index < -0.39 is 12.7 Å². The molecule has 1 aliphatic heterocycles. The topological polar surface area (TPSA) is 106 Å². The second-order valence-electron chi connectivity index (χ2n) is 8.56. The Labute approximate surface area is 209 Å². The molecular weight excluding hydrogens is 495 g/mol. The standard InChI is InChI=1S/C24H24F3N5O5/c1-13-6-17(14-7-18(34-2)21(35-3)28-8-14)30-20-19(13)22(33)32(23(20)37-16-4-5-36-11-16)15-9-29-31(10-15)12-24(25,26)27/h6-10,16,33H,4-5,11-12H2,1-3H3/t16-/m0/s1. The van der Waals surface area contributed by atoms with Crippen molar-refractivity contribution in [1.82, 2.24) is 24.3 Å². The van der Waals surface area contributed by atoms with Crippen LogP contribution in [0.4, 0.5) is 13.2 Å². The number of rotatable bonds is 7. The SMILES string of the molecule is COc1cc(-c2cc(C)c3c(O)n(-c4cnn(CC(F)(F)F)c4)c(O[C@H]4CCOC4)c3n2)cnc1OC. The molecule has 10 nitrogen and oxygen atoms in total. The van der Waals surface area contributed by atoms with Gasteiger partial charge in [0.2, 0.25) is 11.8 Å². The largest absolute Gasteiger partial charge is 0.494 e. The summed E-state index contributed by atoms with van der Waals surface area (Å²) in [4.78, 5) is 9.03. The maximum atomic E-state index is 12.9. The average molecular weight is 519 g/mol. The summed E-state index contributed by atoms with van der Waals surface area (Å²) < 4.78 is 63.1. The molecule has 5 rings (SSSR count). The van der Waals surface area contributed by atoms with Crippen LogP contribution in [0.1, 0.15) is 12.0 Å². The zero-order valence-corrected chi connectivity index (χ0v) is 20.2. The molecule has 0 unspecified atom stereocenters. The number of pyridine rings is 2. The Morgan fingerprint density at radius 1 is 1.19 bits per heavy atom. The molecule has 0 amide bonds. The molecule has 1 aliphatic rings. The smallest absolute Gasteiger partial charge is 0.408 e. The van der Waals surface area contributed by atoms with Crippen LogP contribution in [-0.2, 0) is 11.3 Å². The van der Waals surface area contributed by atoms with Gasteiger partial charge >= 0.3 is 6.18 Å². The number of hydrogen-bond acceptors (Lipinski definition) is 8. The highest BCUT2D eigenvalue weighted by Gasteiger charge is 2.30. The van der Waals surface area contributed by atoms with Gasteiger partial charge in [-0.3, -0.25) is 4.68 Å². The highest BCUT2D eigenvalue weighted by molar-refractivity contribution is 5.95. The minimum Gasteiger partial charge on any atom is -0.494 e. The summed E-state index contributed by atoms with van der Waals surface area (Å²) in [6, 6.07) is 3.49. The van der Waals surface area contributed by atoms with Crippen molar-refractivity contribution in [3.05, 3.63) is 36.3 Å². The van der Waals surface area contributed by atoms with Crippen molar-refractivity contribution < 1.29 is 37.2 Å². The van der Waals surface area contributed by atoms with Gasteiger partial charge in [0.15, 0.2) is 5.75 Å². The van der Waals surface area contributed by atoms with Gasteiger partial charge in [0, 0.05) is 24.4 Å². The van der Waals surface area contributed by atoms with E-state index in [0.29, 0.717) is 59.0 Å². The number of methoxy groups -OCH3 is 2. The first-order valence-corrected chi connectivity index (χ1v) is 11.4. The summed E-state index contributed by atoms with van der Waals surface area (Å²) in [6.45, 7) is 1.36. The molecule has 0 spiro atoms. The zero-order chi connectivity index (χ0) is 26.3. The Balaban J connectivity index is 1.68. The Kier molecular flexibility index (Phi) is 6.31. The molecule has 1 N–H and O–H groups in total. The van der Waals surface area contributed by atoms with Gasteiger partial charge in [0.1, 0.15) is 18.2 Å². The number of alkyl halides is 3. The lowest BCUT2D eigenvalue weighted by molar-refractivity contribution is -0.142. The lowest BCUT2D eigenvalue weighted by atomic mass is 10.1. The number of aromatic hydroxyl groups is 1. The van der Waals surface area contributed by atoms with E-state index in [2.05, 4.69) is 10.1 Å². The molecule has 1 fully saturated rings. The molecule has 4 aromatic rings. The number of nitrogens with zero attached hydrogens (tertiary/aromatic N) is 5. The van der Waals surface area contributed by atoms with Crippen LogP contribution in [0.5, 0.6) is 23.4 Å². The van der Waals surface area contributed by atoms with Crippen molar-refractivity contribution in [2.24, 2.45) is 0 Å². The Morgan fingerprint density at radius 2 is 2.00 bits per heavy atom. The van der Waals surface area contributed by atoms with Crippen LogP contribution < -0.4 is 14.2 Å². The van der Waals surface area contributed by atoms with Crippen molar-refractivity contribution in [2.45, 2.75) is 32.2 Å². The molecule has 4 aromatic heterocycles. The van der Waals surface area contributed by atoms with Gasteiger partial charge in [-0.25, -0.2) is 14.5 Å². The maximum Gasteiger partial charge on any atom is 0.408 e. The quantitative estimate of drug-likeness (QED) is 0.390. The van der Waals surface area contributed by atoms with Gasteiger partial charge < -0.3 is 24.1 Å². The van der Waals surface area contributed by atoms with Crippen LogP contribution in [0.2, 0.25) is 0 Å². The summed E-state index contributed by atoms with van der Waals surface area (Å²) in [5.74, 6) is 0.677. The lowest BCUT2D eigenvalue weighted by Gasteiger charge is -2.14. The van der Waals surface area contributed by atoms with E-state index >= 15 is 0 Å². The summed E-state index contributed by atoms with van der Waals surface area (Å²) in [6.07, 6.45) is -0.157. The van der Waals surface area contributed by atoms with Crippen LogP contribution in [0, 0.1) is 6.92 Å². The first-order chi connectivity index (χ1) is 17.7. The van der Waals surface area contributed by atoms with Crippen LogP contribution in [0.25, 0.3) is 27.8 Å². The van der Waals surface area contributed by atoms with Crippen molar-refractivity contribution >= 4 is 10.9 Å². The fourth-order valence-electron chi connectivity index (χ4n) is 4.29. The molecule has 0 bridgehead atoms. The predicted octanol–water partition coefficient (Wildman–Crippen LogP) is 4.05. The zero-order valence-electron chi connectivity index (χ0n) is 20.2. The van der Waals surface area contributed by atoms with Gasteiger partial charge in [-0.2, -0.15) is 18.3 Å². The Morgan fingerprint density at radius 3 is 2.68 bits per heavy atom. The highest BCUT2D eigenvalue weighted by Crippen LogP contribution is 2.43. The molecule has 1 atom stereocenters. The van der Waals surface area contributed by atoms with Crippen molar-refractivity contribution in [3.8, 4) is 40.3 Å². The third-order valence-corrected chi connectivity index (χ3v) is 5.97. The van der Waals surface area contributed by atoms with Crippen LogP contribution in [0.15, 0.2) is 30.7 Å². The molecule has 0 aromatic carbocycles. The van der Waals surface area contributed by atoms with E-state index in [4.69, 9.17) is 23.9 Å². The van der Waals surface area contributed by atoms with Crippen LogP contribution in [-0.4, -0.2) is 69.1 Å². The van der Waals surface area contributed by atoms with Gasteiger partial charge in [0.25, 0.3) is 5.88 Å². The van der Waals surface area contributed by atoms with E-state index in [9.17, 15) is 18.3 Å². The van der Waals surface area contributed by atoms with Crippen LogP contribution >= 0.6 is 0 Å². The normalized spacial score (nSPS) is 15.9. The first kappa shape index (κ1) is 24.7. The molecule has 5 heterocycles. The molecule has 196 valence electrons. The second kappa shape index (κ2) is 9.47. The number of ether oxygens (including phenoxy) is 4. The minimum absolute atomic E-state index is 0.174. The number of aryl methyl sites for hydroxylation is 1. The number of hydrogen-bond donors (Lipinski definition) is 1. The van der Waals surface area contributed by atoms with E-state index in [1.54, 1.807) is 25.3 Å². The third-order valence-electron chi connectivity index (χ3n) is 5.97. The number of halogens is 3. The summed E-state index contributed by atoms with van der Waals surface area (Å²) in [7, 11) is 2.98. The van der Waals surface area contributed by atoms with E-state index in [1.807, 2.05) is 0 Å². The molecule has 0 saturated carbocycles. The fraction of sp³-hybridized carbons (Fsp3) is 0.375. The lowest BCUT2D eigenvalue weighted by Crippen LogP contribution is -2.18. The molecule has 13 heteroatoms. The number of aromatic nitrogens is 5. The molecule has 0 radical (unpaired) electrons. The van der Waals surface area contributed by atoms with Gasteiger partial charge in [-0.1, -0.05) is 0 Å². The van der Waals surface area contributed by atoms with Crippen molar-refractivity contribution in [1.29, 1.82) is 0 Å². The minimum atomic E-state index is -4.45. The molecule has 0 aliphatic carbocycles. The van der Waals surface area contributed by atoms with Crippen molar-refractivity contribution in [3.63, 3.8) is 0 Å². The van der Waals surface area contributed by atoms with E-state index in [0.717, 1.165) is 4.68 Å². The molecular formula is C24H24F3N5O5. The third kappa shape index (κ3) is 4.73. The van der Waals surface area contributed by atoms with Crippen molar-refractivity contribution in [2.75, 3.05) is 27.4 Å². The highest BCUT2D eigenvalue weighted by atomic mass is 19.4. The number of fused-ring (bicyclic) bond motifs is 1. The van der Waals surface area contributed by atoms with E-state index in [1.165, 1.54) is 31.2 Å². The summed E-state index contributed by atoms with van der Waals surface area (Å²) in [5, 5.41) is 15.4. The Bertz CT molecular complexity index is 1440. The summed E-state index contributed by atoms with van der Waals surface area (Å²) in [5.41, 5.74) is 2.35.